The molecule has 35 heavy (non-hydrogen) atoms. The quantitative estimate of drug-likeness (QED) is 0.524. The van der Waals surface area contributed by atoms with Gasteiger partial charge in [0, 0.05) is 44.4 Å². The summed E-state index contributed by atoms with van der Waals surface area (Å²) in [6.45, 7) is 2.69. The first-order valence-corrected chi connectivity index (χ1v) is 12.8. The number of rotatable bonds is 7. The third-order valence-corrected chi connectivity index (χ3v) is 7.86. The molecule has 2 saturated heterocycles. The second-order valence-corrected chi connectivity index (χ2v) is 9.92. The summed E-state index contributed by atoms with van der Waals surface area (Å²) in [5.74, 6) is 0.739. The SMILES string of the molecule is COc1cc(OC)c(C=C2SC(=O)N(CC(=O)N3CCN(C4CCCCC4)CC3)C2=O)c(OC)c1. The van der Waals surface area contributed by atoms with Crippen molar-refractivity contribution >= 4 is 34.9 Å². The predicted octanol–water partition coefficient (Wildman–Crippen LogP) is 3.23. The van der Waals surface area contributed by atoms with Gasteiger partial charge in [-0.25, -0.2) is 0 Å². The molecule has 0 aromatic heterocycles. The van der Waals surface area contributed by atoms with Gasteiger partial charge in [0.1, 0.15) is 23.8 Å². The molecular weight excluding hydrogens is 470 g/mol. The van der Waals surface area contributed by atoms with Gasteiger partial charge < -0.3 is 19.1 Å². The Morgan fingerprint density at radius 2 is 1.60 bits per heavy atom. The van der Waals surface area contributed by atoms with Crippen molar-refractivity contribution in [2.45, 2.75) is 38.1 Å². The number of ether oxygens (including phenoxy) is 3. The highest BCUT2D eigenvalue weighted by molar-refractivity contribution is 8.18. The molecule has 0 bridgehead atoms. The van der Waals surface area contributed by atoms with Crippen LogP contribution in [0.4, 0.5) is 4.79 Å². The summed E-state index contributed by atoms with van der Waals surface area (Å²) >= 11 is 0.810. The largest absolute Gasteiger partial charge is 0.496 e. The highest BCUT2D eigenvalue weighted by atomic mass is 32.2. The van der Waals surface area contributed by atoms with Crippen molar-refractivity contribution in [3.8, 4) is 17.2 Å². The van der Waals surface area contributed by atoms with E-state index in [-0.39, 0.29) is 17.4 Å². The summed E-state index contributed by atoms with van der Waals surface area (Å²) in [5.41, 5.74) is 0.520. The minimum absolute atomic E-state index is 0.198. The van der Waals surface area contributed by atoms with E-state index in [1.165, 1.54) is 53.4 Å². The Hall–Kier alpha value is -2.72. The van der Waals surface area contributed by atoms with Crippen molar-refractivity contribution in [1.29, 1.82) is 0 Å². The molecular formula is C25H33N3O6S. The first-order valence-electron chi connectivity index (χ1n) is 12.0. The Morgan fingerprint density at radius 3 is 2.17 bits per heavy atom. The zero-order chi connectivity index (χ0) is 24.9. The second-order valence-electron chi connectivity index (χ2n) is 8.92. The standard InChI is InChI=1S/C25H33N3O6S/c1-32-18-13-20(33-2)19(21(14-18)34-3)15-22-24(30)28(25(31)35-22)16-23(29)27-11-9-26(10-12-27)17-7-5-4-6-8-17/h13-15,17H,4-12,16H2,1-3H3. The molecule has 2 aliphatic heterocycles. The number of imide groups is 1. The van der Waals surface area contributed by atoms with Crippen molar-refractivity contribution in [1.82, 2.24) is 14.7 Å². The lowest BCUT2D eigenvalue weighted by Gasteiger charge is -2.41. The third kappa shape index (κ3) is 5.59. The zero-order valence-corrected chi connectivity index (χ0v) is 21.4. The van der Waals surface area contributed by atoms with Crippen molar-refractivity contribution in [2.75, 3.05) is 54.1 Å². The first kappa shape index (κ1) is 25.4. The van der Waals surface area contributed by atoms with Crippen molar-refractivity contribution < 1.29 is 28.6 Å². The molecule has 190 valence electrons. The molecule has 0 unspecified atom stereocenters. The topological polar surface area (TPSA) is 88.6 Å². The number of methoxy groups -OCH3 is 3. The van der Waals surface area contributed by atoms with Crippen LogP contribution >= 0.6 is 11.8 Å². The maximum Gasteiger partial charge on any atom is 0.294 e. The van der Waals surface area contributed by atoms with Crippen molar-refractivity contribution in [3.05, 3.63) is 22.6 Å². The highest BCUT2D eigenvalue weighted by Crippen LogP contribution is 2.39. The molecule has 3 fully saturated rings. The van der Waals surface area contributed by atoms with E-state index in [1.807, 2.05) is 0 Å². The van der Waals surface area contributed by atoms with Crippen LogP contribution in [-0.2, 0) is 9.59 Å². The van der Waals surface area contributed by atoms with E-state index in [1.54, 1.807) is 23.1 Å². The number of benzene rings is 1. The van der Waals surface area contributed by atoms with E-state index >= 15 is 0 Å². The van der Waals surface area contributed by atoms with E-state index in [4.69, 9.17) is 14.2 Å². The summed E-state index contributed by atoms with van der Waals surface area (Å²) < 4.78 is 16.1. The summed E-state index contributed by atoms with van der Waals surface area (Å²) in [6.07, 6.45) is 7.92. The predicted molar refractivity (Wildman–Crippen MR) is 134 cm³/mol. The Balaban J connectivity index is 1.41. The minimum atomic E-state index is -0.492. The average molecular weight is 504 g/mol. The van der Waals surface area contributed by atoms with Crippen molar-refractivity contribution in [3.63, 3.8) is 0 Å². The van der Waals surface area contributed by atoms with Crippen LogP contribution in [0.5, 0.6) is 17.2 Å². The summed E-state index contributed by atoms with van der Waals surface area (Å²) in [5, 5.41) is -0.457. The number of nitrogens with zero attached hydrogens (tertiary/aromatic N) is 3. The maximum atomic E-state index is 13.1. The fraction of sp³-hybridized carbons (Fsp3) is 0.560. The van der Waals surface area contributed by atoms with Crippen LogP contribution in [0.1, 0.15) is 37.7 Å². The molecule has 3 aliphatic rings. The number of hydrogen-bond donors (Lipinski definition) is 0. The molecule has 0 spiro atoms. The van der Waals surface area contributed by atoms with Gasteiger partial charge in [-0.2, -0.15) is 0 Å². The summed E-state index contributed by atoms with van der Waals surface area (Å²) in [6, 6.07) is 3.98. The molecule has 3 amide bonds. The van der Waals surface area contributed by atoms with Gasteiger partial charge in [0.15, 0.2) is 0 Å². The van der Waals surface area contributed by atoms with Gasteiger partial charge in [-0.05, 0) is 30.7 Å². The smallest absolute Gasteiger partial charge is 0.294 e. The molecule has 0 radical (unpaired) electrons. The molecule has 1 aromatic rings. The lowest BCUT2D eigenvalue weighted by molar-refractivity contribution is -0.137. The molecule has 4 rings (SSSR count). The van der Waals surface area contributed by atoms with Gasteiger partial charge in [0.05, 0.1) is 31.8 Å². The number of piperazine rings is 1. The third-order valence-electron chi connectivity index (χ3n) is 6.95. The zero-order valence-electron chi connectivity index (χ0n) is 20.6. The number of thioether (sulfide) groups is 1. The van der Waals surface area contributed by atoms with E-state index in [9.17, 15) is 14.4 Å². The van der Waals surface area contributed by atoms with Crippen LogP contribution in [0.2, 0.25) is 0 Å². The number of hydrogen-bond acceptors (Lipinski definition) is 8. The van der Waals surface area contributed by atoms with E-state index in [0.717, 1.165) is 29.8 Å². The Kier molecular flexibility index (Phi) is 8.22. The highest BCUT2D eigenvalue weighted by Gasteiger charge is 2.38. The van der Waals surface area contributed by atoms with Gasteiger partial charge in [0.25, 0.3) is 11.1 Å². The molecule has 9 nitrogen and oxygen atoms in total. The van der Waals surface area contributed by atoms with E-state index < -0.39 is 11.1 Å². The average Bonchev–Trinajstić information content (AvgIpc) is 3.16. The van der Waals surface area contributed by atoms with Gasteiger partial charge in [0.2, 0.25) is 5.91 Å². The number of amides is 3. The first-order chi connectivity index (χ1) is 16.9. The van der Waals surface area contributed by atoms with Gasteiger partial charge in [-0.15, -0.1) is 0 Å². The molecule has 10 heteroatoms. The molecule has 0 atom stereocenters. The lowest BCUT2D eigenvalue weighted by atomic mass is 9.94. The van der Waals surface area contributed by atoms with Crippen LogP contribution in [0.3, 0.4) is 0 Å². The van der Waals surface area contributed by atoms with Crippen LogP contribution in [0.15, 0.2) is 17.0 Å². The monoisotopic (exact) mass is 503 g/mol. The van der Waals surface area contributed by atoms with Gasteiger partial charge >= 0.3 is 0 Å². The van der Waals surface area contributed by atoms with E-state index in [0.29, 0.717) is 41.9 Å². The molecule has 1 aliphatic carbocycles. The number of carbonyl (C=O) groups excluding carboxylic acids is 3. The van der Waals surface area contributed by atoms with Crippen LogP contribution < -0.4 is 14.2 Å². The Labute approximate surface area is 210 Å². The fourth-order valence-corrected chi connectivity index (χ4v) is 5.78. The fourth-order valence-electron chi connectivity index (χ4n) is 4.96. The molecule has 1 aromatic carbocycles. The van der Waals surface area contributed by atoms with Crippen LogP contribution in [-0.4, -0.2) is 91.8 Å². The van der Waals surface area contributed by atoms with Crippen molar-refractivity contribution in [2.24, 2.45) is 0 Å². The van der Waals surface area contributed by atoms with Crippen LogP contribution in [0.25, 0.3) is 6.08 Å². The summed E-state index contributed by atoms with van der Waals surface area (Å²) in [4.78, 5) is 44.1. The second kappa shape index (κ2) is 11.3. The minimum Gasteiger partial charge on any atom is -0.496 e. The van der Waals surface area contributed by atoms with Crippen LogP contribution in [0, 0.1) is 0 Å². The molecule has 2 heterocycles. The van der Waals surface area contributed by atoms with Gasteiger partial charge in [-0.3, -0.25) is 24.2 Å². The normalized spacial score (nSPS) is 21.1. The maximum absolute atomic E-state index is 13.1. The summed E-state index contributed by atoms with van der Waals surface area (Å²) in [7, 11) is 4.54. The Morgan fingerprint density at radius 1 is 0.971 bits per heavy atom. The molecule has 1 saturated carbocycles. The molecule has 0 N–H and O–H groups in total. The number of carbonyl (C=O) groups is 3. The van der Waals surface area contributed by atoms with Gasteiger partial charge in [-0.1, -0.05) is 19.3 Å². The lowest BCUT2D eigenvalue weighted by Crippen LogP contribution is -2.54. The Bertz CT molecular complexity index is 974. The van der Waals surface area contributed by atoms with E-state index in [2.05, 4.69) is 4.90 Å².